The van der Waals surface area contributed by atoms with E-state index in [2.05, 4.69) is 23.8 Å². The molecule has 0 aliphatic carbocycles. The summed E-state index contributed by atoms with van der Waals surface area (Å²) in [6.07, 6.45) is 1.72. The Kier molecular flexibility index (Phi) is 3.23. The maximum atomic E-state index is 6.09. The summed E-state index contributed by atoms with van der Waals surface area (Å²) in [6.45, 7) is 4.19. The highest BCUT2D eigenvalue weighted by Gasteiger charge is 2.16. The molecular weight excluding hydrogens is 228 g/mol. The third-order valence-electron chi connectivity index (χ3n) is 2.91. The lowest BCUT2D eigenvalue weighted by Gasteiger charge is -2.04. The highest BCUT2D eigenvalue weighted by molar-refractivity contribution is 5.70. The third-order valence-corrected chi connectivity index (χ3v) is 2.91. The fourth-order valence-electron chi connectivity index (χ4n) is 1.90. The Labute approximate surface area is 107 Å². The first kappa shape index (κ1) is 12.4. The third kappa shape index (κ3) is 2.03. The van der Waals surface area contributed by atoms with Crippen LogP contribution in [0, 0.1) is 0 Å². The van der Waals surface area contributed by atoms with Crippen LogP contribution in [0.2, 0.25) is 0 Å². The van der Waals surface area contributed by atoms with E-state index in [0.717, 1.165) is 17.1 Å². The Morgan fingerprint density at radius 3 is 2.50 bits per heavy atom. The van der Waals surface area contributed by atoms with Gasteiger partial charge in [-0.15, -0.1) is 0 Å². The molecule has 0 fully saturated rings. The van der Waals surface area contributed by atoms with E-state index in [1.807, 2.05) is 17.7 Å². The van der Waals surface area contributed by atoms with Gasteiger partial charge in [-0.2, -0.15) is 0 Å². The molecule has 0 radical (unpaired) electrons. The smallest absolute Gasteiger partial charge is 0.212 e. The number of ether oxygens (including phenoxy) is 1. The van der Waals surface area contributed by atoms with E-state index < -0.39 is 0 Å². The fraction of sp³-hybridized carbons (Fsp3) is 0.385. The van der Waals surface area contributed by atoms with Gasteiger partial charge in [0.2, 0.25) is 5.88 Å². The molecule has 0 aliphatic heterocycles. The van der Waals surface area contributed by atoms with Gasteiger partial charge in [0.05, 0.1) is 7.11 Å². The number of methoxy groups -OCH3 is 1. The minimum absolute atomic E-state index is 0.331. The molecule has 0 unspecified atom stereocenters. The molecule has 0 saturated heterocycles. The molecule has 0 saturated carbocycles. The van der Waals surface area contributed by atoms with Gasteiger partial charge in [-0.1, -0.05) is 13.8 Å². The van der Waals surface area contributed by atoms with Crippen molar-refractivity contribution < 1.29 is 4.74 Å². The van der Waals surface area contributed by atoms with Crippen LogP contribution >= 0.6 is 0 Å². The Balaban J connectivity index is 2.47. The summed E-state index contributed by atoms with van der Waals surface area (Å²) in [5.74, 6) is 2.54. The summed E-state index contributed by atoms with van der Waals surface area (Å²) < 4.78 is 6.96. The van der Waals surface area contributed by atoms with Gasteiger partial charge in [-0.05, 0) is 6.07 Å². The molecule has 0 aromatic carbocycles. The van der Waals surface area contributed by atoms with Crippen molar-refractivity contribution in [2.75, 3.05) is 12.8 Å². The van der Waals surface area contributed by atoms with Crippen molar-refractivity contribution in [3.05, 3.63) is 24.2 Å². The summed E-state index contributed by atoms with van der Waals surface area (Å²) in [6, 6.07) is 3.72. The lowest BCUT2D eigenvalue weighted by atomic mass is 10.2. The van der Waals surface area contributed by atoms with Crippen LogP contribution < -0.4 is 10.5 Å². The second kappa shape index (κ2) is 4.68. The predicted molar refractivity (Wildman–Crippen MR) is 71.5 cm³/mol. The SMILES string of the molecule is COc1ccc(-c2nc(C(C)C)n(C)c2N)cn1. The van der Waals surface area contributed by atoms with Crippen molar-refractivity contribution in [2.24, 2.45) is 7.05 Å². The summed E-state index contributed by atoms with van der Waals surface area (Å²) in [7, 11) is 3.52. The molecule has 0 spiro atoms. The summed E-state index contributed by atoms with van der Waals surface area (Å²) >= 11 is 0. The number of imidazole rings is 1. The number of pyridine rings is 1. The van der Waals surface area contributed by atoms with Gasteiger partial charge in [-0.3, -0.25) is 0 Å². The van der Waals surface area contributed by atoms with Gasteiger partial charge in [0.1, 0.15) is 17.3 Å². The van der Waals surface area contributed by atoms with Crippen LogP contribution in [0.3, 0.4) is 0 Å². The number of aromatic nitrogens is 3. The Bertz CT molecular complexity index is 543. The maximum absolute atomic E-state index is 6.09. The zero-order valence-electron chi connectivity index (χ0n) is 11.1. The van der Waals surface area contributed by atoms with E-state index in [0.29, 0.717) is 17.6 Å². The molecule has 0 amide bonds. The van der Waals surface area contributed by atoms with Gasteiger partial charge >= 0.3 is 0 Å². The molecule has 18 heavy (non-hydrogen) atoms. The number of nitrogens with zero attached hydrogens (tertiary/aromatic N) is 3. The van der Waals surface area contributed by atoms with E-state index in [9.17, 15) is 0 Å². The first-order valence-electron chi connectivity index (χ1n) is 5.87. The second-order valence-corrected chi connectivity index (χ2v) is 4.51. The van der Waals surface area contributed by atoms with Gasteiger partial charge in [-0.25, -0.2) is 9.97 Å². The normalized spacial score (nSPS) is 10.9. The van der Waals surface area contributed by atoms with Crippen molar-refractivity contribution in [1.29, 1.82) is 0 Å². The van der Waals surface area contributed by atoms with Crippen molar-refractivity contribution in [2.45, 2.75) is 19.8 Å². The van der Waals surface area contributed by atoms with Crippen molar-refractivity contribution in [3.8, 4) is 17.1 Å². The Morgan fingerprint density at radius 1 is 1.33 bits per heavy atom. The van der Waals surface area contributed by atoms with Crippen LogP contribution in [-0.4, -0.2) is 21.6 Å². The minimum Gasteiger partial charge on any atom is -0.481 e. The van der Waals surface area contributed by atoms with Crippen LogP contribution in [-0.2, 0) is 7.05 Å². The van der Waals surface area contributed by atoms with Crippen molar-refractivity contribution >= 4 is 5.82 Å². The Morgan fingerprint density at radius 2 is 2.06 bits per heavy atom. The van der Waals surface area contributed by atoms with E-state index in [1.54, 1.807) is 19.4 Å². The van der Waals surface area contributed by atoms with E-state index >= 15 is 0 Å². The first-order valence-corrected chi connectivity index (χ1v) is 5.87. The van der Waals surface area contributed by atoms with Crippen LogP contribution in [0.4, 0.5) is 5.82 Å². The standard InChI is InChI=1S/C13H18N4O/c1-8(2)13-16-11(12(14)17(13)3)9-5-6-10(18-4)15-7-9/h5-8H,14H2,1-4H3. The van der Waals surface area contributed by atoms with Crippen LogP contribution in [0.15, 0.2) is 18.3 Å². The molecule has 2 heterocycles. The molecule has 0 aliphatic rings. The quantitative estimate of drug-likeness (QED) is 0.901. The topological polar surface area (TPSA) is 66.0 Å². The molecule has 2 N–H and O–H groups in total. The van der Waals surface area contributed by atoms with Gasteiger partial charge < -0.3 is 15.0 Å². The zero-order chi connectivity index (χ0) is 13.3. The summed E-state index contributed by atoms with van der Waals surface area (Å²) in [5.41, 5.74) is 7.76. The number of hydrogen-bond donors (Lipinski definition) is 1. The largest absolute Gasteiger partial charge is 0.481 e. The van der Waals surface area contributed by atoms with Crippen molar-refractivity contribution in [3.63, 3.8) is 0 Å². The van der Waals surface area contributed by atoms with Gasteiger partial charge in [0.25, 0.3) is 0 Å². The van der Waals surface area contributed by atoms with E-state index in [4.69, 9.17) is 10.5 Å². The number of hydrogen-bond acceptors (Lipinski definition) is 4. The molecule has 2 rings (SSSR count). The van der Waals surface area contributed by atoms with E-state index in [-0.39, 0.29) is 0 Å². The fourth-order valence-corrected chi connectivity index (χ4v) is 1.90. The number of nitrogens with two attached hydrogens (primary N) is 1. The van der Waals surface area contributed by atoms with Crippen LogP contribution in [0.1, 0.15) is 25.6 Å². The highest BCUT2D eigenvalue weighted by atomic mass is 16.5. The highest BCUT2D eigenvalue weighted by Crippen LogP contribution is 2.28. The molecule has 96 valence electrons. The molecular formula is C13H18N4O. The molecule has 5 nitrogen and oxygen atoms in total. The zero-order valence-corrected chi connectivity index (χ0v) is 11.1. The number of nitrogen functional groups attached to an aromatic ring is 1. The molecule has 5 heteroatoms. The average molecular weight is 246 g/mol. The predicted octanol–water partition coefficient (Wildman–Crippen LogP) is 2.20. The lowest BCUT2D eigenvalue weighted by Crippen LogP contribution is -2.02. The van der Waals surface area contributed by atoms with E-state index in [1.165, 1.54) is 0 Å². The minimum atomic E-state index is 0.331. The van der Waals surface area contributed by atoms with Gasteiger partial charge in [0, 0.05) is 30.8 Å². The number of rotatable bonds is 3. The molecule has 2 aromatic rings. The Hall–Kier alpha value is -2.04. The summed E-state index contributed by atoms with van der Waals surface area (Å²) in [4.78, 5) is 8.76. The molecule has 2 aromatic heterocycles. The number of anilines is 1. The molecule has 0 atom stereocenters. The van der Waals surface area contributed by atoms with Gasteiger partial charge in [0.15, 0.2) is 0 Å². The van der Waals surface area contributed by atoms with Crippen LogP contribution in [0.25, 0.3) is 11.3 Å². The first-order chi connectivity index (χ1) is 8.54. The van der Waals surface area contributed by atoms with Crippen LogP contribution in [0.5, 0.6) is 5.88 Å². The second-order valence-electron chi connectivity index (χ2n) is 4.51. The monoisotopic (exact) mass is 246 g/mol. The maximum Gasteiger partial charge on any atom is 0.212 e. The lowest BCUT2D eigenvalue weighted by molar-refractivity contribution is 0.398. The summed E-state index contributed by atoms with van der Waals surface area (Å²) in [5, 5.41) is 0. The molecule has 0 bridgehead atoms. The average Bonchev–Trinajstić information content (AvgIpc) is 2.67. The van der Waals surface area contributed by atoms with Crippen molar-refractivity contribution in [1.82, 2.24) is 14.5 Å².